The number of amides is 1. The summed E-state index contributed by atoms with van der Waals surface area (Å²) in [7, 11) is -4.15. The lowest BCUT2D eigenvalue weighted by atomic mass is 10.2. The van der Waals surface area contributed by atoms with Gasteiger partial charge < -0.3 is 9.64 Å². The summed E-state index contributed by atoms with van der Waals surface area (Å²) in [6.45, 7) is 6.38. The maximum absolute atomic E-state index is 12.9. The highest BCUT2D eigenvalue weighted by Crippen LogP contribution is 2.19. The van der Waals surface area contributed by atoms with Crippen LogP contribution in [0.3, 0.4) is 0 Å². The average Bonchev–Trinajstić information content (AvgIpc) is 3.14. The van der Waals surface area contributed by atoms with Gasteiger partial charge in [-0.1, -0.05) is 12.1 Å². The van der Waals surface area contributed by atoms with Gasteiger partial charge in [-0.15, -0.1) is 0 Å². The average molecular weight is 379 g/mol. The van der Waals surface area contributed by atoms with E-state index in [1.807, 2.05) is 13.8 Å². The van der Waals surface area contributed by atoms with Gasteiger partial charge in [0.1, 0.15) is 4.90 Å². The Morgan fingerprint density at radius 1 is 1.12 bits per heavy atom. The van der Waals surface area contributed by atoms with Crippen molar-refractivity contribution in [3.63, 3.8) is 0 Å². The van der Waals surface area contributed by atoms with Gasteiger partial charge in [-0.25, -0.2) is 4.79 Å². The smallest absolute Gasteiger partial charge is 0.339 e. The van der Waals surface area contributed by atoms with Crippen molar-refractivity contribution in [2.45, 2.75) is 25.7 Å². The van der Waals surface area contributed by atoms with E-state index in [-0.39, 0.29) is 28.7 Å². The Bertz CT molecular complexity index is 901. The number of benzene rings is 1. The molecule has 2 aromatic rings. The molecule has 1 amide bonds. The van der Waals surface area contributed by atoms with Crippen molar-refractivity contribution in [2.75, 3.05) is 19.7 Å². The number of hydrogen-bond acceptors (Lipinski definition) is 6. The van der Waals surface area contributed by atoms with E-state index < -0.39 is 16.0 Å². The van der Waals surface area contributed by atoms with Crippen LogP contribution in [0.5, 0.6) is 0 Å². The van der Waals surface area contributed by atoms with Gasteiger partial charge in [0.05, 0.1) is 12.2 Å². The quantitative estimate of drug-likeness (QED) is 0.680. The van der Waals surface area contributed by atoms with Crippen LogP contribution in [0.2, 0.25) is 0 Å². The Balaban J connectivity index is 2.44. The van der Waals surface area contributed by atoms with Crippen LogP contribution in [0.4, 0.5) is 0 Å². The van der Waals surface area contributed by atoms with Gasteiger partial charge >= 0.3 is 5.97 Å². The van der Waals surface area contributed by atoms with Crippen molar-refractivity contribution in [1.29, 1.82) is 0 Å². The fourth-order valence-corrected chi connectivity index (χ4v) is 3.70. The summed E-state index contributed by atoms with van der Waals surface area (Å²) in [5.74, 6) is -1.10. The molecule has 1 aromatic heterocycles. The van der Waals surface area contributed by atoms with Gasteiger partial charge in [-0.3, -0.25) is 4.79 Å². The maximum Gasteiger partial charge on any atom is 0.339 e. The highest BCUT2D eigenvalue weighted by Gasteiger charge is 2.26. The third-order valence-electron chi connectivity index (χ3n) is 3.74. The molecule has 0 fully saturated rings. The highest BCUT2D eigenvalue weighted by molar-refractivity contribution is 7.90. The minimum absolute atomic E-state index is 0.0193. The standard InChI is InChI=1S/C17H21N3O5S/c1-4-19(5-2)16(21)14-11-12-20(18-14)26(23,24)15-10-8-7-9-13(15)17(22)25-6-3/h7-12H,4-6H2,1-3H3. The summed E-state index contributed by atoms with van der Waals surface area (Å²) in [4.78, 5) is 25.7. The molecule has 0 saturated heterocycles. The third kappa shape index (κ3) is 3.77. The van der Waals surface area contributed by atoms with Crippen LogP contribution in [0.25, 0.3) is 0 Å². The lowest BCUT2D eigenvalue weighted by Crippen LogP contribution is -2.31. The first-order valence-corrected chi connectivity index (χ1v) is 9.67. The molecule has 0 atom stereocenters. The molecule has 0 spiro atoms. The summed E-state index contributed by atoms with van der Waals surface area (Å²) in [5.41, 5.74) is -0.0626. The molecule has 1 aromatic carbocycles. The zero-order valence-corrected chi connectivity index (χ0v) is 15.7. The Morgan fingerprint density at radius 2 is 1.77 bits per heavy atom. The summed E-state index contributed by atoms with van der Waals surface area (Å²) >= 11 is 0. The van der Waals surface area contributed by atoms with E-state index in [9.17, 15) is 18.0 Å². The topological polar surface area (TPSA) is 98.6 Å². The number of esters is 1. The molecule has 0 aliphatic carbocycles. The van der Waals surface area contributed by atoms with Crippen LogP contribution in [0.15, 0.2) is 41.4 Å². The van der Waals surface area contributed by atoms with Crippen molar-refractivity contribution in [3.05, 3.63) is 47.8 Å². The number of carbonyl (C=O) groups excluding carboxylic acids is 2. The number of carbonyl (C=O) groups is 2. The summed E-state index contributed by atoms with van der Waals surface area (Å²) < 4.78 is 31.4. The highest BCUT2D eigenvalue weighted by atomic mass is 32.2. The van der Waals surface area contributed by atoms with Gasteiger partial charge in [0.25, 0.3) is 15.9 Å². The molecule has 0 N–H and O–H groups in total. The minimum Gasteiger partial charge on any atom is -0.462 e. The SMILES string of the molecule is CCOC(=O)c1ccccc1S(=O)(=O)n1ccc(C(=O)N(CC)CC)n1. The first kappa shape index (κ1) is 19.6. The molecular formula is C17H21N3O5S. The lowest BCUT2D eigenvalue weighted by Gasteiger charge is -2.16. The molecule has 140 valence electrons. The number of aromatic nitrogens is 2. The fraction of sp³-hybridized carbons (Fsp3) is 0.353. The van der Waals surface area contributed by atoms with Gasteiger partial charge in [-0.2, -0.15) is 17.6 Å². The van der Waals surface area contributed by atoms with Gasteiger partial charge in [-0.05, 0) is 39.0 Å². The van der Waals surface area contributed by atoms with Gasteiger partial charge in [0.2, 0.25) is 0 Å². The second-order valence-electron chi connectivity index (χ2n) is 5.27. The van der Waals surface area contributed by atoms with Crippen molar-refractivity contribution in [1.82, 2.24) is 14.1 Å². The number of hydrogen-bond donors (Lipinski definition) is 0. The number of rotatable bonds is 7. The Kier molecular flexibility index (Phi) is 6.14. The third-order valence-corrected chi connectivity index (χ3v) is 5.35. The van der Waals surface area contributed by atoms with Crippen LogP contribution < -0.4 is 0 Å². The van der Waals surface area contributed by atoms with E-state index in [1.54, 1.807) is 13.0 Å². The molecule has 2 rings (SSSR count). The minimum atomic E-state index is -4.15. The van der Waals surface area contributed by atoms with E-state index in [4.69, 9.17) is 4.74 Å². The van der Waals surface area contributed by atoms with Crippen molar-refractivity contribution in [2.24, 2.45) is 0 Å². The van der Waals surface area contributed by atoms with Crippen molar-refractivity contribution >= 4 is 21.9 Å². The number of ether oxygens (including phenoxy) is 1. The summed E-state index contributed by atoms with van der Waals surface area (Å²) in [5, 5.41) is 3.91. The Labute approximate surface area is 152 Å². The molecule has 0 aliphatic rings. The van der Waals surface area contributed by atoms with E-state index in [2.05, 4.69) is 5.10 Å². The first-order valence-electron chi connectivity index (χ1n) is 8.23. The predicted octanol–water partition coefficient (Wildman–Crippen LogP) is 1.78. The molecule has 26 heavy (non-hydrogen) atoms. The van der Waals surface area contributed by atoms with E-state index in [0.29, 0.717) is 17.2 Å². The molecule has 0 aliphatic heterocycles. The second kappa shape index (κ2) is 8.13. The van der Waals surface area contributed by atoms with Crippen LogP contribution in [-0.2, 0) is 14.8 Å². The van der Waals surface area contributed by atoms with Crippen molar-refractivity contribution < 1.29 is 22.7 Å². The largest absolute Gasteiger partial charge is 0.462 e. The zero-order chi connectivity index (χ0) is 19.3. The van der Waals surface area contributed by atoms with Crippen LogP contribution >= 0.6 is 0 Å². The monoisotopic (exact) mass is 379 g/mol. The predicted molar refractivity (Wildman–Crippen MR) is 94.5 cm³/mol. The lowest BCUT2D eigenvalue weighted by molar-refractivity contribution is 0.0521. The van der Waals surface area contributed by atoms with Crippen LogP contribution in [-0.4, -0.2) is 54.1 Å². The number of nitrogens with zero attached hydrogens (tertiary/aromatic N) is 3. The summed E-state index contributed by atoms with van der Waals surface area (Å²) in [6, 6.07) is 7.06. The first-order chi connectivity index (χ1) is 12.4. The summed E-state index contributed by atoms with van der Waals surface area (Å²) in [6.07, 6.45) is 1.19. The normalized spacial score (nSPS) is 11.2. The molecule has 0 bridgehead atoms. The molecule has 0 radical (unpaired) electrons. The molecule has 1 heterocycles. The Morgan fingerprint density at radius 3 is 2.38 bits per heavy atom. The van der Waals surface area contributed by atoms with Crippen LogP contribution in [0, 0.1) is 0 Å². The van der Waals surface area contributed by atoms with E-state index >= 15 is 0 Å². The van der Waals surface area contributed by atoms with Gasteiger partial charge in [0, 0.05) is 19.3 Å². The van der Waals surface area contributed by atoms with Crippen molar-refractivity contribution in [3.8, 4) is 0 Å². The maximum atomic E-state index is 12.9. The fourth-order valence-electron chi connectivity index (χ4n) is 2.40. The molecule has 9 heteroatoms. The molecule has 0 saturated carbocycles. The van der Waals surface area contributed by atoms with Crippen LogP contribution in [0.1, 0.15) is 41.6 Å². The molecule has 0 unspecified atom stereocenters. The second-order valence-corrected chi connectivity index (χ2v) is 7.04. The van der Waals surface area contributed by atoms with Gasteiger partial charge in [0.15, 0.2) is 5.69 Å². The zero-order valence-electron chi connectivity index (χ0n) is 14.9. The molecular weight excluding hydrogens is 358 g/mol. The van der Waals surface area contributed by atoms with E-state index in [0.717, 1.165) is 0 Å². The molecule has 8 nitrogen and oxygen atoms in total. The van der Waals surface area contributed by atoms with E-state index in [1.165, 1.54) is 35.4 Å². The Hall–Kier alpha value is -2.68.